The lowest BCUT2D eigenvalue weighted by Crippen LogP contribution is -2.16. The van der Waals surface area contributed by atoms with Crippen LogP contribution >= 0.6 is 0 Å². The summed E-state index contributed by atoms with van der Waals surface area (Å²) in [6.45, 7) is 0.610. The van der Waals surface area contributed by atoms with E-state index in [1.807, 2.05) is 0 Å². The number of hydrogen-bond donors (Lipinski definition) is 1. The van der Waals surface area contributed by atoms with Crippen molar-refractivity contribution in [3.63, 3.8) is 0 Å². The van der Waals surface area contributed by atoms with Gasteiger partial charge in [-0.3, -0.25) is 4.79 Å². The number of H-pyrrole nitrogens is 1. The number of hydrogen-bond acceptors (Lipinski definition) is 3. The van der Waals surface area contributed by atoms with Crippen LogP contribution in [0.4, 0.5) is 4.39 Å². The van der Waals surface area contributed by atoms with Crippen LogP contribution in [-0.2, 0) is 4.74 Å². The fourth-order valence-electron chi connectivity index (χ4n) is 1.41. The minimum Gasteiger partial charge on any atom is -0.372 e. The number of ether oxygens (including phenoxy) is 1. The number of nitrogens with one attached hydrogen (secondary N) is 1. The van der Waals surface area contributed by atoms with Crippen LogP contribution in [0.1, 0.15) is 24.6 Å². The zero-order valence-electron chi connectivity index (χ0n) is 6.92. The predicted octanol–water partition coefficient (Wildman–Crippen LogP) is 0.760. The molecule has 0 aromatic carbocycles. The number of rotatable bonds is 1. The highest BCUT2D eigenvalue weighted by molar-refractivity contribution is 5.06. The lowest BCUT2D eigenvalue weighted by molar-refractivity contribution is 0.105. The molecule has 1 N–H and O–H groups in total. The molecule has 1 atom stereocenters. The van der Waals surface area contributed by atoms with E-state index < -0.39 is 11.4 Å². The van der Waals surface area contributed by atoms with E-state index in [0.717, 1.165) is 12.8 Å². The summed E-state index contributed by atoms with van der Waals surface area (Å²) in [7, 11) is 0. The third-order valence-electron chi connectivity index (χ3n) is 2.06. The van der Waals surface area contributed by atoms with E-state index in [9.17, 15) is 9.18 Å². The average Bonchev–Trinajstić information content (AvgIpc) is 2.62. The third-order valence-corrected chi connectivity index (χ3v) is 2.06. The van der Waals surface area contributed by atoms with Crippen molar-refractivity contribution in [1.29, 1.82) is 0 Å². The van der Waals surface area contributed by atoms with Crippen molar-refractivity contribution in [2.45, 2.75) is 18.9 Å². The molecule has 0 spiro atoms. The van der Waals surface area contributed by atoms with Gasteiger partial charge in [0.1, 0.15) is 11.8 Å². The summed E-state index contributed by atoms with van der Waals surface area (Å²) in [5, 5.41) is 0. The summed E-state index contributed by atoms with van der Waals surface area (Å²) in [5.74, 6) is -0.825. The fourth-order valence-corrected chi connectivity index (χ4v) is 1.41. The van der Waals surface area contributed by atoms with Crippen LogP contribution in [0.25, 0.3) is 0 Å². The van der Waals surface area contributed by atoms with Crippen LogP contribution in [0, 0.1) is 5.82 Å². The Labute approximate surface area is 73.8 Å². The normalized spacial score (nSPS) is 22.1. The number of aromatic nitrogens is 2. The minimum absolute atomic E-state index is 0.126. The van der Waals surface area contributed by atoms with Crippen LogP contribution in [0.3, 0.4) is 0 Å². The van der Waals surface area contributed by atoms with E-state index in [1.54, 1.807) is 0 Å². The molecule has 1 aromatic rings. The molecular formula is C8H9FN2O2. The molecule has 0 aliphatic carbocycles. The molecule has 0 radical (unpaired) electrons. The molecule has 1 aromatic heterocycles. The average molecular weight is 184 g/mol. The van der Waals surface area contributed by atoms with E-state index in [-0.39, 0.29) is 11.8 Å². The van der Waals surface area contributed by atoms with Gasteiger partial charge in [-0.15, -0.1) is 0 Å². The van der Waals surface area contributed by atoms with Crippen LogP contribution < -0.4 is 5.56 Å². The van der Waals surface area contributed by atoms with E-state index >= 15 is 0 Å². The molecular weight excluding hydrogens is 175 g/mol. The first kappa shape index (κ1) is 8.37. The van der Waals surface area contributed by atoms with Gasteiger partial charge in [-0.1, -0.05) is 0 Å². The van der Waals surface area contributed by atoms with Crippen molar-refractivity contribution in [3.05, 3.63) is 28.2 Å². The molecule has 2 rings (SSSR count). The Morgan fingerprint density at radius 2 is 2.54 bits per heavy atom. The predicted molar refractivity (Wildman–Crippen MR) is 42.7 cm³/mol. The Balaban J connectivity index is 2.39. The standard InChI is InChI=1S/C8H9FN2O2/c9-6-7(5-2-1-3-13-5)10-4-11-8(6)12/h4-5H,1-3H2,(H,10,11,12). The van der Waals surface area contributed by atoms with Crippen molar-refractivity contribution in [2.75, 3.05) is 6.61 Å². The molecule has 4 nitrogen and oxygen atoms in total. The first-order chi connectivity index (χ1) is 6.29. The zero-order chi connectivity index (χ0) is 9.26. The highest BCUT2D eigenvalue weighted by Crippen LogP contribution is 2.27. The summed E-state index contributed by atoms with van der Waals surface area (Å²) in [5.41, 5.74) is -0.609. The summed E-state index contributed by atoms with van der Waals surface area (Å²) < 4.78 is 18.4. The minimum atomic E-state index is -0.825. The summed E-state index contributed by atoms with van der Waals surface area (Å²) in [4.78, 5) is 16.8. The maximum Gasteiger partial charge on any atom is 0.287 e. The molecule has 13 heavy (non-hydrogen) atoms. The zero-order valence-corrected chi connectivity index (χ0v) is 6.92. The Morgan fingerprint density at radius 3 is 3.23 bits per heavy atom. The van der Waals surface area contributed by atoms with Crippen molar-refractivity contribution in [1.82, 2.24) is 9.97 Å². The Bertz CT molecular complexity index is 357. The molecule has 1 unspecified atom stereocenters. The van der Waals surface area contributed by atoms with Crippen molar-refractivity contribution in [2.24, 2.45) is 0 Å². The third kappa shape index (κ3) is 1.47. The molecule has 0 bridgehead atoms. The highest BCUT2D eigenvalue weighted by atomic mass is 19.1. The number of halogens is 1. The largest absolute Gasteiger partial charge is 0.372 e. The monoisotopic (exact) mass is 184 g/mol. The van der Waals surface area contributed by atoms with Gasteiger partial charge in [-0.25, -0.2) is 4.98 Å². The van der Waals surface area contributed by atoms with Crippen LogP contribution in [0.5, 0.6) is 0 Å². The van der Waals surface area contributed by atoms with E-state index in [2.05, 4.69) is 9.97 Å². The van der Waals surface area contributed by atoms with Gasteiger partial charge in [-0.2, -0.15) is 4.39 Å². The SMILES string of the molecule is O=c1[nH]cnc(C2CCCO2)c1F. The summed E-state index contributed by atoms with van der Waals surface area (Å²) >= 11 is 0. The first-order valence-electron chi connectivity index (χ1n) is 4.13. The highest BCUT2D eigenvalue weighted by Gasteiger charge is 2.23. The van der Waals surface area contributed by atoms with Crippen molar-refractivity contribution >= 4 is 0 Å². The lowest BCUT2D eigenvalue weighted by atomic mass is 10.2. The Morgan fingerprint density at radius 1 is 1.69 bits per heavy atom. The molecule has 1 aliphatic heterocycles. The molecule has 0 saturated carbocycles. The Hall–Kier alpha value is -1.23. The molecule has 1 saturated heterocycles. The van der Waals surface area contributed by atoms with Gasteiger partial charge < -0.3 is 9.72 Å². The van der Waals surface area contributed by atoms with Crippen LogP contribution in [0.15, 0.2) is 11.1 Å². The van der Waals surface area contributed by atoms with E-state index in [4.69, 9.17) is 4.74 Å². The second-order valence-electron chi connectivity index (χ2n) is 2.93. The van der Waals surface area contributed by atoms with Gasteiger partial charge in [0, 0.05) is 6.61 Å². The Kier molecular flexibility index (Phi) is 2.10. The maximum atomic E-state index is 13.2. The second-order valence-corrected chi connectivity index (χ2v) is 2.93. The van der Waals surface area contributed by atoms with Crippen molar-refractivity contribution < 1.29 is 9.13 Å². The topological polar surface area (TPSA) is 55.0 Å². The molecule has 2 heterocycles. The van der Waals surface area contributed by atoms with Gasteiger partial charge in [0.25, 0.3) is 5.56 Å². The van der Waals surface area contributed by atoms with Gasteiger partial charge in [0.15, 0.2) is 0 Å². The summed E-state index contributed by atoms with van der Waals surface area (Å²) in [6, 6.07) is 0. The summed E-state index contributed by atoms with van der Waals surface area (Å²) in [6.07, 6.45) is 2.47. The second kappa shape index (κ2) is 3.26. The quantitative estimate of drug-likeness (QED) is 0.701. The first-order valence-corrected chi connectivity index (χ1v) is 4.13. The molecule has 1 fully saturated rings. The van der Waals surface area contributed by atoms with E-state index in [1.165, 1.54) is 6.33 Å². The van der Waals surface area contributed by atoms with Gasteiger partial charge in [0.05, 0.1) is 6.33 Å². The molecule has 1 aliphatic rings. The fraction of sp³-hybridized carbons (Fsp3) is 0.500. The van der Waals surface area contributed by atoms with Gasteiger partial charge in [-0.05, 0) is 12.8 Å². The van der Waals surface area contributed by atoms with Gasteiger partial charge in [0.2, 0.25) is 5.82 Å². The van der Waals surface area contributed by atoms with Gasteiger partial charge >= 0.3 is 0 Å². The maximum absolute atomic E-state index is 13.2. The van der Waals surface area contributed by atoms with E-state index in [0.29, 0.717) is 6.61 Å². The number of nitrogens with zero attached hydrogens (tertiary/aromatic N) is 1. The molecule has 5 heteroatoms. The number of aromatic amines is 1. The van der Waals surface area contributed by atoms with Crippen LogP contribution in [-0.4, -0.2) is 16.6 Å². The smallest absolute Gasteiger partial charge is 0.287 e. The molecule has 0 amide bonds. The lowest BCUT2D eigenvalue weighted by Gasteiger charge is -2.07. The molecule has 70 valence electrons. The van der Waals surface area contributed by atoms with Crippen LogP contribution in [0.2, 0.25) is 0 Å². The van der Waals surface area contributed by atoms with Crippen molar-refractivity contribution in [3.8, 4) is 0 Å².